The molecule has 1 heterocycles. The van der Waals surface area contributed by atoms with Crippen LogP contribution in [0.15, 0.2) is 0 Å². The van der Waals surface area contributed by atoms with Crippen LogP contribution in [0.2, 0.25) is 0 Å². The maximum absolute atomic E-state index is 5.08. The van der Waals surface area contributed by atoms with Crippen LogP contribution in [0.3, 0.4) is 0 Å². The minimum absolute atomic E-state index is 0.168. The number of rotatable bonds is 4. The molecule has 1 aromatic rings. The third-order valence-electron chi connectivity index (χ3n) is 4.98. The molecule has 1 N–H and O–H groups in total. The van der Waals surface area contributed by atoms with Gasteiger partial charge in [0.2, 0.25) is 0 Å². The Morgan fingerprint density at radius 1 is 1.20 bits per heavy atom. The van der Waals surface area contributed by atoms with Gasteiger partial charge in [-0.25, -0.2) is 4.98 Å². The summed E-state index contributed by atoms with van der Waals surface area (Å²) in [4.78, 5) is 6.66. The van der Waals surface area contributed by atoms with Crippen molar-refractivity contribution in [3.05, 3.63) is 15.6 Å². The first kappa shape index (κ1) is 14.5. The Hall–Kier alpha value is -0.410. The maximum Gasteiger partial charge on any atom is 0.113 e. The molecule has 20 heavy (non-hydrogen) atoms. The Bertz CT molecular complexity index is 454. The van der Waals surface area contributed by atoms with Gasteiger partial charge >= 0.3 is 0 Å². The Labute approximate surface area is 127 Å². The highest BCUT2D eigenvalue weighted by Crippen LogP contribution is 2.50. The molecule has 1 saturated carbocycles. The molecule has 0 radical (unpaired) electrons. The summed E-state index contributed by atoms with van der Waals surface area (Å²) in [5.74, 6) is 0. The van der Waals surface area contributed by atoms with E-state index in [4.69, 9.17) is 4.98 Å². The highest BCUT2D eigenvalue weighted by molar-refractivity contribution is 7.11. The molecule has 3 rings (SSSR count). The van der Waals surface area contributed by atoms with E-state index in [9.17, 15) is 0 Å². The van der Waals surface area contributed by atoms with E-state index in [2.05, 4.69) is 26.1 Å². The van der Waals surface area contributed by atoms with Crippen LogP contribution in [0.25, 0.3) is 0 Å². The predicted molar refractivity (Wildman–Crippen MR) is 86.4 cm³/mol. The third-order valence-corrected chi connectivity index (χ3v) is 6.34. The third kappa shape index (κ3) is 2.67. The lowest BCUT2D eigenvalue weighted by molar-refractivity contribution is 0.288. The van der Waals surface area contributed by atoms with Gasteiger partial charge in [-0.2, -0.15) is 0 Å². The van der Waals surface area contributed by atoms with Gasteiger partial charge in [0.1, 0.15) is 5.01 Å². The minimum Gasteiger partial charge on any atom is -0.305 e. The lowest BCUT2D eigenvalue weighted by atomic mass is 9.88. The van der Waals surface area contributed by atoms with E-state index in [1.165, 1.54) is 62.1 Å². The van der Waals surface area contributed by atoms with E-state index in [-0.39, 0.29) is 5.54 Å². The van der Waals surface area contributed by atoms with E-state index >= 15 is 0 Å². The zero-order chi connectivity index (χ0) is 14.2. The van der Waals surface area contributed by atoms with Crippen LogP contribution >= 0.6 is 11.3 Å². The summed E-state index contributed by atoms with van der Waals surface area (Å²) in [6.07, 6.45) is 10.2. The number of fused-ring (bicyclic) bond motifs is 1. The molecule has 0 amide bonds. The summed E-state index contributed by atoms with van der Waals surface area (Å²) in [6.45, 7) is 8.19. The fraction of sp³-hybridized carbons (Fsp3) is 0.824. The number of aryl methyl sites for hydroxylation is 2. The van der Waals surface area contributed by atoms with Gasteiger partial charge in [-0.1, -0.05) is 20.8 Å². The molecule has 0 saturated heterocycles. The van der Waals surface area contributed by atoms with E-state index in [1.54, 1.807) is 4.88 Å². The normalized spacial score (nSPS) is 28.6. The standard InChI is InChI=1S/C17H28N2S/c1-4-11-18-17(10-9-16(2,3)12-17)15-19-13-7-5-6-8-14(13)20-15/h18H,4-12H2,1-3H3. The molecule has 2 aliphatic rings. The Balaban J connectivity index is 1.91. The molecule has 112 valence electrons. The lowest BCUT2D eigenvalue weighted by Gasteiger charge is -2.30. The van der Waals surface area contributed by atoms with Crippen molar-refractivity contribution in [1.29, 1.82) is 0 Å². The van der Waals surface area contributed by atoms with Crippen LogP contribution in [-0.2, 0) is 18.4 Å². The number of nitrogens with one attached hydrogen (secondary N) is 1. The van der Waals surface area contributed by atoms with Crippen LogP contribution in [0.1, 0.15) is 74.9 Å². The van der Waals surface area contributed by atoms with Crippen LogP contribution < -0.4 is 5.32 Å². The largest absolute Gasteiger partial charge is 0.305 e. The quantitative estimate of drug-likeness (QED) is 0.888. The molecule has 3 heteroatoms. The summed E-state index contributed by atoms with van der Waals surface area (Å²) in [5.41, 5.74) is 2.03. The fourth-order valence-corrected chi connectivity index (χ4v) is 5.22. The fourth-order valence-electron chi connectivity index (χ4n) is 3.88. The molecular formula is C17H28N2S. The highest BCUT2D eigenvalue weighted by atomic mass is 32.1. The maximum atomic E-state index is 5.08. The van der Waals surface area contributed by atoms with Gasteiger partial charge in [0.15, 0.2) is 0 Å². The van der Waals surface area contributed by atoms with E-state index in [0.29, 0.717) is 5.41 Å². The molecule has 0 aliphatic heterocycles. The zero-order valence-corrected chi connectivity index (χ0v) is 14.0. The monoisotopic (exact) mass is 292 g/mol. The summed E-state index contributed by atoms with van der Waals surface area (Å²) in [7, 11) is 0. The van der Waals surface area contributed by atoms with Crippen LogP contribution in [0.4, 0.5) is 0 Å². The molecule has 0 spiro atoms. The summed E-state index contributed by atoms with van der Waals surface area (Å²) >= 11 is 2.01. The summed E-state index contributed by atoms with van der Waals surface area (Å²) in [5, 5.41) is 5.27. The van der Waals surface area contributed by atoms with Crippen LogP contribution in [-0.4, -0.2) is 11.5 Å². The number of nitrogens with zero attached hydrogens (tertiary/aromatic N) is 1. The Morgan fingerprint density at radius 2 is 2.00 bits per heavy atom. The summed E-state index contributed by atoms with van der Waals surface area (Å²) in [6, 6.07) is 0. The Morgan fingerprint density at radius 3 is 2.65 bits per heavy atom. The molecule has 0 aromatic carbocycles. The SMILES string of the molecule is CCCNC1(c2nc3c(s2)CCCC3)CCC(C)(C)C1. The second-order valence-corrected chi connectivity index (χ2v) is 8.53. The second kappa shape index (κ2) is 5.42. The van der Waals surface area contributed by atoms with Gasteiger partial charge < -0.3 is 5.32 Å². The zero-order valence-electron chi connectivity index (χ0n) is 13.2. The van der Waals surface area contributed by atoms with Crippen molar-refractivity contribution in [2.45, 2.75) is 77.7 Å². The average Bonchev–Trinajstić information content (AvgIpc) is 2.98. The van der Waals surface area contributed by atoms with Crippen molar-refractivity contribution in [2.24, 2.45) is 5.41 Å². The molecule has 1 atom stereocenters. The lowest BCUT2D eigenvalue weighted by Crippen LogP contribution is -2.41. The number of aromatic nitrogens is 1. The molecule has 2 aliphatic carbocycles. The number of thiazole rings is 1. The molecule has 1 unspecified atom stereocenters. The minimum atomic E-state index is 0.168. The van der Waals surface area contributed by atoms with E-state index in [0.717, 1.165) is 6.54 Å². The topological polar surface area (TPSA) is 24.9 Å². The first-order chi connectivity index (χ1) is 9.55. The highest BCUT2D eigenvalue weighted by Gasteiger charge is 2.46. The molecule has 2 nitrogen and oxygen atoms in total. The van der Waals surface area contributed by atoms with Gasteiger partial charge in [0, 0.05) is 4.88 Å². The van der Waals surface area contributed by atoms with Crippen molar-refractivity contribution in [2.75, 3.05) is 6.54 Å². The first-order valence-corrected chi connectivity index (χ1v) is 9.10. The van der Waals surface area contributed by atoms with Crippen molar-refractivity contribution in [1.82, 2.24) is 10.3 Å². The Kier molecular flexibility index (Phi) is 3.93. The van der Waals surface area contributed by atoms with Crippen molar-refractivity contribution >= 4 is 11.3 Å². The van der Waals surface area contributed by atoms with Gasteiger partial charge in [-0.3, -0.25) is 0 Å². The average molecular weight is 292 g/mol. The smallest absolute Gasteiger partial charge is 0.113 e. The van der Waals surface area contributed by atoms with Gasteiger partial charge in [-0.05, 0) is 63.3 Å². The molecular weight excluding hydrogens is 264 g/mol. The van der Waals surface area contributed by atoms with Gasteiger partial charge in [-0.15, -0.1) is 11.3 Å². The second-order valence-electron chi connectivity index (χ2n) is 7.45. The van der Waals surface area contributed by atoms with Crippen LogP contribution in [0, 0.1) is 5.41 Å². The van der Waals surface area contributed by atoms with Crippen LogP contribution in [0.5, 0.6) is 0 Å². The van der Waals surface area contributed by atoms with E-state index < -0.39 is 0 Å². The van der Waals surface area contributed by atoms with E-state index in [1.807, 2.05) is 11.3 Å². The molecule has 0 bridgehead atoms. The number of hydrogen-bond donors (Lipinski definition) is 1. The predicted octanol–water partition coefficient (Wildman–Crippen LogP) is 4.43. The molecule has 1 aromatic heterocycles. The molecule has 1 fully saturated rings. The number of hydrogen-bond acceptors (Lipinski definition) is 3. The first-order valence-electron chi connectivity index (χ1n) is 8.29. The van der Waals surface area contributed by atoms with Crippen molar-refractivity contribution < 1.29 is 0 Å². The van der Waals surface area contributed by atoms with Crippen molar-refractivity contribution in [3.63, 3.8) is 0 Å². The van der Waals surface area contributed by atoms with Crippen molar-refractivity contribution in [3.8, 4) is 0 Å². The van der Waals surface area contributed by atoms with Gasteiger partial charge in [0.25, 0.3) is 0 Å². The summed E-state index contributed by atoms with van der Waals surface area (Å²) < 4.78 is 0. The van der Waals surface area contributed by atoms with Gasteiger partial charge in [0.05, 0.1) is 11.2 Å².